The molecule has 2 rings (SSSR count). The second kappa shape index (κ2) is 5.10. The lowest BCUT2D eigenvalue weighted by molar-refractivity contribution is 0.363. The van der Waals surface area contributed by atoms with E-state index in [0.29, 0.717) is 0 Å². The van der Waals surface area contributed by atoms with Crippen molar-refractivity contribution in [1.29, 1.82) is 5.41 Å². The van der Waals surface area contributed by atoms with Crippen LogP contribution in [0.4, 0.5) is 0 Å². The summed E-state index contributed by atoms with van der Waals surface area (Å²) in [4.78, 5) is 7.80. The summed E-state index contributed by atoms with van der Waals surface area (Å²) in [5.74, 6) is 4.79. The molecule has 3 nitrogen and oxygen atoms in total. The molecule has 1 aliphatic rings. The normalized spacial score (nSPS) is 18.8. The number of thiazole rings is 1. The maximum Gasteiger partial charge on any atom is 0.143 e. The van der Waals surface area contributed by atoms with Crippen LogP contribution >= 0.6 is 21.8 Å². The minimum absolute atomic E-state index is 0.0118. The standard InChI is InChI=1S/C11H17N3S2/c1-16(2)11-13-7-9(15-11)8-14-6-4-3-5-10(14)12/h7,12H,1,3-6,8H2,2H3. The summed E-state index contributed by atoms with van der Waals surface area (Å²) >= 11 is 1.74. The van der Waals surface area contributed by atoms with Gasteiger partial charge in [-0.25, -0.2) is 4.98 Å². The first-order chi connectivity index (χ1) is 7.66. The second-order valence-electron chi connectivity index (χ2n) is 4.05. The molecule has 1 unspecified atom stereocenters. The molecule has 0 spiro atoms. The van der Waals surface area contributed by atoms with Crippen LogP contribution < -0.4 is 0 Å². The van der Waals surface area contributed by atoms with E-state index in [1.54, 1.807) is 11.3 Å². The molecule has 88 valence electrons. The number of aromatic nitrogens is 1. The Balaban J connectivity index is 2.02. The maximum absolute atomic E-state index is 7.89. The Bertz CT molecular complexity index is 411. The minimum atomic E-state index is 0.0118. The Hall–Kier alpha value is -0.680. The van der Waals surface area contributed by atoms with Crippen molar-refractivity contribution >= 4 is 33.5 Å². The molecule has 5 heteroatoms. The van der Waals surface area contributed by atoms with E-state index in [2.05, 4.69) is 22.0 Å². The van der Waals surface area contributed by atoms with Crippen LogP contribution in [0, 0.1) is 5.41 Å². The fraction of sp³-hybridized carbons (Fsp3) is 0.545. The number of likely N-dealkylation sites (tertiary alicyclic amines) is 1. The van der Waals surface area contributed by atoms with E-state index in [1.165, 1.54) is 17.7 Å². The Morgan fingerprint density at radius 3 is 3.06 bits per heavy atom. The largest absolute Gasteiger partial charge is 0.355 e. The van der Waals surface area contributed by atoms with Crippen LogP contribution in [0.5, 0.6) is 0 Å². The lowest BCUT2D eigenvalue weighted by atomic mass is 10.1. The van der Waals surface area contributed by atoms with Crippen LogP contribution in [0.2, 0.25) is 0 Å². The van der Waals surface area contributed by atoms with Gasteiger partial charge in [-0.15, -0.1) is 21.8 Å². The molecule has 1 saturated heterocycles. The van der Waals surface area contributed by atoms with Crippen molar-refractivity contribution in [2.75, 3.05) is 12.8 Å². The molecule has 1 fully saturated rings. The first-order valence-corrected chi connectivity index (χ1v) is 8.01. The molecular weight excluding hydrogens is 238 g/mol. The van der Waals surface area contributed by atoms with Gasteiger partial charge in [-0.05, 0) is 19.1 Å². The second-order valence-corrected chi connectivity index (χ2v) is 7.09. The smallest absolute Gasteiger partial charge is 0.143 e. The lowest BCUT2D eigenvalue weighted by Crippen LogP contribution is -2.33. The number of nitrogens with zero attached hydrogens (tertiary/aromatic N) is 2. The zero-order chi connectivity index (χ0) is 11.5. The molecule has 0 aliphatic carbocycles. The molecule has 0 bridgehead atoms. The molecule has 0 radical (unpaired) electrons. The molecule has 1 aliphatic heterocycles. The van der Waals surface area contributed by atoms with E-state index in [-0.39, 0.29) is 10.5 Å². The van der Waals surface area contributed by atoms with Gasteiger partial charge in [-0.2, -0.15) is 0 Å². The van der Waals surface area contributed by atoms with Crippen molar-refractivity contribution in [3.8, 4) is 0 Å². The average Bonchev–Trinajstić information content (AvgIpc) is 2.70. The van der Waals surface area contributed by atoms with Crippen molar-refractivity contribution < 1.29 is 0 Å². The van der Waals surface area contributed by atoms with Crippen molar-refractivity contribution in [3.63, 3.8) is 0 Å². The van der Waals surface area contributed by atoms with Gasteiger partial charge in [0.1, 0.15) is 4.34 Å². The van der Waals surface area contributed by atoms with E-state index in [0.717, 1.165) is 29.7 Å². The Morgan fingerprint density at radius 2 is 2.44 bits per heavy atom. The van der Waals surface area contributed by atoms with Gasteiger partial charge in [0.15, 0.2) is 0 Å². The number of piperidine rings is 1. The van der Waals surface area contributed by atoms with Gasteiger partial charge < -0.3 is 4.90 Å². The molecule has 1 aromatic heterocycles. The summed E-state index contributed by atoms with van der Waals surface area (Å²) in [6.45, 7) is 1.88. The molecule has 1 aromatic rings. The highest BCUT2D eigenvalue weighted by Crippen LogP contribution is 2.27. The molecule has 0 aromatic carbocycles. The van der Waals surface area contributed by atoms with Crippen LogP contribution in [0.25, 0.3) is 0 Å². The van der Waals surface area contributed by atoms with Gasteiger partial charge in [0, 0.05) is 24.0 Å². The highest BCUT2D eigenvalue weighted by Gasteiger charge is 2.16. The van der Waals surface area contributed by atoms with Gasteiger partial charge in [0.2, 0.25) is 0 Å². The van der Waals surface area contributed by atoms with Gasteiger partial charge in [-0.1, -0.05) is 5.87 Å². The summed E-state index contributed by atoms with van der Waals surface area (Å²) < 4.78 is 1.12. The van der Waals surface area contributed by atoms with Crippen LogP contribution in [-0.4, -0.2) is 34.4 Å². The summed E-state index contributed by atoms with van der Waals surface area (Å²) in [6, 6.07) is 0. The van der Waals surface area contributed by atoms with Crippen LogP contribution in [0.15, 0.2) is 10.5 Å². The predicted molar refractivity (Wildman–Crippen MR) is 73.0 cm³/mol. The van der Waals surface area contributed by atoms with E-state index < -0.39 is 0 Å². The molecule has 1 atom stereocenters. The van der Waals surface area contributed by atoms with E-state index >= 15 is 0 Å². The highest BCUT2D eigenvalue weighted by molar-refractivity contribution is 8.14. The first kappa shape index (κ1) is 11.8. The molecular formula is C11H17N3S2. The van der Waals surface area contributed by atoms with Gasteiger partial charge >= 0.3 is 0 Å². The van der Waals surface area contributed by atoms with Crippen molar-refractivity contribution in [2.24, 2.45) is 0 Å². The molecule has 0 saturated carbocycles. The SMILES string of the molecule is C=S(C)c1ncc(CN2CCCCC2=N)s1. The number of nitrogens with one attached hydrogen (secondary N) is 1. The monoisotopic (exact) mass is 255 g/mol. The zero-order valence-corrected chi connectivity index (χ0v) is 11.2. The van der Waals surface area contributed by atoms with E-state index in [4.69, 9.17) is 5.41 Å². The number of hydrogen-bond donors (Lipinski definition) is 1. The topological polar surface area (TPSA) is 40.0 Å². The van der Waals surface area contributed by atoms with Crippen LogP contribution in [0.1, 0.15) is 24.1 Å². The molecule has 0 amide bonds. The Labute approximate surface area is 103 Å². The van der Waals surface area contributed by atoms with E-state index in [9.17, 15) is 0 Å². The van der Waals surface area contributed by atoms with Gasteiger partial charge in [0.25, 0.3) is 0 Å². The minimum Gasteiger partial charge on any atom is -0.355 e. The van der Waals surface area contributed by atoms with Crippen molar-refractivity contribution in [1.82, 2.24) is 9.88 Å². The summed E-state index contributed by atoms with van der Waals surface area (Å²) in [6.07, 6.45) is 7.34. The summed E-state index contributed by atoms with van der Waals surface area (Å²) in [5, 5.41) is 7.89. The van der Waals surface area contributed by atoms with Crippen LogP contribution in [-0.2, 0) is 6.54 Å². The highest BCUT2D eigenvalue weighted by atomic mass is 32.2. The Kier molecular flexibility index (Phi) is 3.76. The number of amidine groups is 1. The maximum atomic E-state index is 7.89. The molecule has 2 heterocycles. The number of hydrogen-bond acceptors (Lipinski definition) is 3. The van der Waals surface area contributed by atoms with Crippen LogP contribution in [0.3, 0.4) is 0 Å². The van der Waals surface area contributed by atoms with Gasteiger partial charge in [-0.3, -0.25) is 5.41 Å². The van der Waals surface area contributed by atoms with Gasteiger partial charge in [0.05, 0.1) is 12.4 Å². The number of rotatable bonds is 3. The predicted octanol–water partition coefficient (Wildman–Crippen LogP) is 2.80. The third-order valence-corrected chi connectivity index (χ3v) is 5.23. The quantitative estimate of drug-likeness (QED) is 0.844. The fourth-order valence-corrected chi connectivity index (χ4v) is 3.55. The average molecular weight is 255 g/mol. The van der Waals surface area contributed by atoms with Crippen molar-refractivity contribution in [3.05, 3.63) is 11.1 Å². The fourth-order valence-electron chi connectivity index (χ4n) is 1.77. The molecule has 16 heavy (non-hydrogen) atoms. The Morgan fingerprint density at radius 1 is 1.62 bits per heavy atom. The summed E-state index contributed by atoms with van der Waals surface area (Å²) in [7, 11) is 0.0118. The lowest BCUT2D eigenvalue weighted by Gasteiger charge is -2.28. The third kappa shape index (κ3) is 2.71. The van der Waals surface area contributed by atoms with Crippen molar-refractivity contribution in [2.45, 2.75) is 30.1 Å². The van der Waals surface area contributed by atoms with E-state index in [1.807, 2.05) is 6.20 Å². The molecule has 1 N–H and O–H groups in total. The third-order valence-electron chi connectivity index (χ3n) is 2.65. The summed E-state index contributed by atoms with van der Waals surface area (Å²) in [5.41, 5.74) is 0. The zero-order valence-electron chi connectivity index (χ0n) is 9.53. The first-order valence-electron chi connectivity index (χ1n) is 5.39.